The first-order valence-electron chi connectivity index (χ1n) is 9.85. The Bertz CT molecular complexity index is 1160. The van der Waals surface area contributed by atoms with Crippen molar-refractivity contribution in [1.29, 1.82) is 0 Å². The number of rotatable bonds is 8. The number of nitrogens with zero attached hydrogens (tertiary/aromatic N) is 2. The van der Waals surface area contributed by atoms with E-state index in [2.05, 4.69) is 15.3 Å². The summed E-state index contributed by atoms with van der Waals surface area (Å²) in [6.45, 7) is 2.31. The van der Waals surface area contributed by atoms with Crippen molar-refractivity contribution in [3.05, 3.63) is 78.3 Å². The van der Waals surface area contributed by atoms with E-state index in [4.69, 9.17) is 9.47 Å². The fourth-order valence-electron chi connectivity index (χ4n) is 2.95. The van der Waals surface area contributed by atoms with Crippen LogP contribution < -0.4 is 14.8 Å². The van der Waals surface area contributed by atoms with Crippen molar-refractivity contribution in [2.24, 2.45) is 0 Å². The van der Waals surface area contributed by atoms with Crippen LogP contribution in [0.4, 0.5) is 5.69 Å². The molecule has 7 heteroatoms. The van der Waals surface area contributed by atoms with Crippen molar-refractivity contribution in [3.8, 4) is 33.5 Å². The Balaban J connectivity index is 1.41. The van der Waals surface area contributed by atoms with Crippen LogP contribution in [0.1, 0.15) is 6.92 Å². The molecule has 4 rings (SSSR count). The van der Waals surface area contributed by atoms with Crippen LogP contribution >= 0.6 is 11.3 Å². The molecule has 0 saturated heterocycles. The van der Waals surface area contributed by atoms with E-state index < -0.39 is 0 Å². The third-order valence-electron chi connectivity index (χ3n) is 4.34. The van der Waals surface area contributed by atoms with Gasteiger partial charge in [-0.2, -0.15) is 0 Å². The second-order valence-corrected chi connectivity index (χ2v) is 7.41. The monoisotopic (exact) mass is 431 g/mol. The minimum Gasteiger partial charge on any atom is -0.490 e. The summed E-state index contributed by atoms with van der Waals surface area (Å²) in [6.07, 6.45) is 1.75. The molecule has 0 aliphatic heterocycles. The van der Waals surface area contributed by atoms with Gasteiger partial charge >= 0.3 is 0 Å². The summed E-state index contributed by atoms with van der Waals surface area (Å²) in [7, 11) is 0. The zero-order chi connectivity index (χ0) is 21.5. The molecular formula is C24H21N3O3S. The van der Waals surface area contributed by atoms with E-state index >= 15 is 0 Å². The predicted molar refractivity (Wildman–Crippen MR) is 123 cm³/mol. The Morgan fingerprint density at radius 2 is 1.77 bits per heavy atom. The summed E-state index contributed by atoms with van der Waals surface area (Å²) in [4.78, 5) is 21.4. The van der Waals surface area contributed by atoms with Gasteiger partial charge in [0.1, 0.15) is 5.01 Å². The average molecular weight is 432 g/mol. The maximum absolute atomic E-state index is 12.4. The van der Waals surface area contributed by atoms with Crippen LogP contribution in [0.2, 0.25) is 0 Å². The molecule has 2 heterocycles. The molecule has 1 N–H and O–H groups in total. The van der Waals surface area contributed by atoms with Gasteiger partial charge in [0.15, 0.2) is 18.1 Å². The van der Waals surface area contributed by atoms with Crippen LogP contribution in [0, 0.1) is 0 Å². The number of aromatic nitrogens is 2. The van der Waals surface area contributed by atoms with Crippen molar-refractivity contribution in [3.63, 3.8) is 0 Å². The number of hydrogen-bond acceptors (Lipinski definition) is 6. The first-order chi connectivity index (χ1) is 15.2. The van der Waals surface area contributed by atoms with Crippen LogP contribution in [-0.4, -0.2) is 29.1 Å². The third-order valence-corrected chi connectivity index (χ3v) is 5.20. The molecule has 0 fully saturated rings. The lowest BCUT2D eigenvalue weighted by molar-refractivity contribution is -0.118. The summed E-state index contributed by atoms with van der Waals surface area (Å²) in [6, 6.07) is 20.6. The van der Waals surface area contributed by atoms with Crippen molar-refractivity contribution in [1.82, 2.24) is 9.97 Å². The molecule has 6 nitrogen and oxygen atoms in total. The zero-order valence-corrected chi connectivity index (χ0v) is 17.8. The van der Waals surface area contributed by atoms with Gasteiger partial charge in [0.05, 0.1) is 18.0 Å². The molecule has 31 heavy (non-hydrogen) atoms. The first-order valence-corrected chi connectivity index (χ1v) is 10.7. The minimum absolute atomic E-state index is 0.116. The highest BCUT2D eigenvalue weighted by Crippen LogP contribution is 2.29. The highest BCUT2D eigenvalue weighted by atomic mass is 32.1. The lowest BCUT2D eigenvalue weighted by atomic mass is 10.1. The lowest BCUT2D eigenvalue weighted by Gasteiger charge is -2.12. The van der Waals surface area contributed by atoms with E-state index in [1.165, 1.54) is 11.3 Å². The highest BCUT2D eigenvalue weighted by molar-refractivity contribution is 7.13. The molecule has 4 aromatic rings. The number of anilines is 1. The SMILES string of the molecule is CCOc1ccccc1OCC(=O)Nc1cccc(-c2csc(-c3ccccn3)n2)c1. The molecular weight excluding hydrogens is 410 g/mol. The first kappa shape index (κ1) is 20.6. The molecule has 1 amide bonds. The fourth-order valence-corrected chi connectivity index (χ4v) is 3.76. The molecule has 0 aliphatic carbocycles. The summed E-state index contributed by atoms with van der Waals surface area (Å²) in [5.74, 6) is 0.903. The third kappa shape index (κ3) is 5.26. The Kier molecular flexibility index (Phi) is 6.54. The van der Waals surface area contributed by atoms with Crippen molar-refractivity contribution in [2.45, 2.75) is 6.92 Å². The number of thiazole rings is 1. The zero-order valence-electron chi connectivity index (χ0n) is 16.9. The van der Waals surface area contributed by atoms with E-state index in [9.17, 15) is 4.79 Å². The number of benzene rings is 2. The van der Waals surface area contributed by atoms with Gasteiger partial charge in [0.2, 0.25) is 0 Å². The Morgan fingerprint density at radius 3 is 2.55 bits per heavy atom. The minimum atomic E-state index is -0.254. The molecule has 0 saturated carbocycles. The van der Waals surface area contributed by atoms with Gasteiger partial charge in [-0.05, 0) is 43.3 Å². The lowest BCUT2D eigenvalue weighted by Crippen LogP contribution is -2.20. The molecule has 2 aromatic heterocycles. The Hall–Kier alpha value is -3.71. The summed E-state index contributed by atoms with van der Waals surface area (Å²) < 4.78 is 11.2. The van der Waals surface area contributed by atoms with Crippen LogP contribution in [0.3, 0.4) is 0 Å². The van der Waals surface area contributed by atoms with E-state index in [1.807, 2.05) is 73.0 Å². The topological polar surface area (TPSA) is 73.3 Å². The van der Waals surface area contributed by atoms with E-state index in [-0.39, 0.29) is 12.5 Å². The second-order valence-electron chi connectivity index (χ2n) is 6.55. The summed E-state index contributed by atoms with van der Waals surface area (Å²) in [5, 5.41) is 5.71. The van der Waals surface area contributed by atoms with Gasteiger partial charge in [-0.25, -0.2) is 4.98 Å². The molecule has 0 radical (unpaired) electrons. The van der Waals surface area contributed by atoms with Crippen LogP contribution in [0.15, 0.2) is 78.3 Å². The van der Waals surface area contributed by atoms with Crippen molar-refractivity contribution in [2.75, 3.05) is 18.5 Å². The predicted octanol–water partition coefficient (Wildman–Crippen LogP) is 5.29. The number of pyridine rings is 1. The van der Waals surface area contributed by atoms with E-state index in [1.54, 1.807) is 12.3 Å². The largest absolute Gasteiger partial charge is 0.490 e. The number of carbonyl (C=O) groups excluding carboxylic acids is 1. The van der Waals surface area contributed by atoms with Gasteiger partial charge in [-0.3, -0.25) is 9.78 Å². The molecule has 0 atom stereocenters. The number of hydrogen-bond donors (Lipinski definition) is 1. The number of nitrogens with one attached hydrogen (secondary N) is 1. The van der Waals surface area contributed by atoms with Gasteiger partial charge < -0.3 is 14.8 Å². The number of para-hydroxylation sites is 2. The standard InChI is InChI=1S/C24H21N3O3S/c1-2-29-21-11-3-4-12-22(21)30-15-23(28)26-18-9-7-8-17(14-18)20-16-31-24(27-20)19-10-5-6-13-25-19/h3-14,16H,2,15H2,1H3,(H,26,28). The average Bonchev–Trinajstić information content (AvgIpc) is 3.30. The van der Waals surface area contributed by atoms with Crippen LogP contribution in [0.5, 0.6) is 11.5 Å². The molecule has 0 spiro atoms. The smallest absolute Gasteiger partial charge is 0.262 e. The second kappa shape index (κ2) is 9.86. The Labute approximate surface area is 184 Å². The molecule has 156 valence electrons. The number of ether oxygens (including phenoxy) is 2. The van der Waals surface area contributed by atoms with Crippen LogP contribution in [-0.2, 0) is 4.79 Å². The van der Waals surface area contributed by atoms with Crippen LogP contribution in [0.25, 0.3) is 22.0 Å². The van der Waals surface area contributed by atoms with Gasteiger partial charge in [0, 0.05) is 22.8 Å². The van der Waals surface area contributed by atoms with Crippen molar-refractivity contribution >= 4 is 22.9 Å². The van der Waals surface area contributed by atoms with Gasteiger partial charge in [0.25, 0.3) is 5.91 Å². The molecule has 0 aliphatic rings. The maximum atomic E-state index is 12.4. The molecule has 0 bridgehead atoms. The van der Waals surface area contributed by atoms with Gasteiger partial charge in [-0.15, -0.1) is 11.3 Å². The van der Waals surface area contributed by atoms with E-state index in [0.717, 1.165) is 22.0 Å². The summed E-state index contributed by atoms with van der Waals surface area (Å²) in [5.41, 5.74) is 3.27. The quantitative estimate of drug-likeness (QED) is 0.410. The van der Waals surface area contributed by atoms with E-state index in [0.29, 0.717) is 23.8 Å². The number of carbonyl (C=O) groups is 1. The highest BCUT2D eigenvalue weighted by Gasteiger charge is 2.10. The Morgan fingerprint density at radius 1 is 0.968 bits per heavy atom. The normalized spacial score (nSPS) is 10.5. The van der Waals surface area contributed by atoms with Crippen molar-refractivity contribution < 1.29 is 14.3 Å². The molecule has 0 unspecified atom stereocenters. The molecule has 2 aromatic carbocycles. The van der Waals surface area contributed by atoms with Gasteiger partial charge in [-0.1, -0.05) is 30.3 Å². The number of amides is 1. The fraction of sp³-hybridized carbons (Fsp3) is 0.125. The maximum Gasteiger partial charge on any atom is 0.262 e. The summed E-state index contributed by atoms with van der Waals surface area (Å²) >= 11 is 1.54.